The smallest absolute Gasteiger partial charge is 0.220 e. The Bertz CT molecular complexity index is 415. The van der Waals surface area contributed by atoms with E-state index in [4.69, 9.17) is 10.2 Å². The number of nitrogens with two attached hydrogens (primary N) is 1. The third kappa shape index (κ3) is 5.33. The molecule has 0 bridgehead atoms. The van der Waals surface area contributed by atoms with Gasteiger partial charge in [0, 0.05) is 6.42 Å². The minimum atomic E-state index is -0.191. The zero-order valence-corrected chi connectivity index (χ0v) is 13.0. The molecule has 1 amide bonds. The Hall–Kier alpha value is -1.36. The van der Waals surface area contributed by atoms with Crippen molar-refractivity contribution in [3.05, 3.63) is 17.8 Å². The van der Waals surface area contributed by atoms with E-state index in [9.17, 15) is 4.79 Å². The van der Waals surface area contributed by atoms with Crippen molar-refractivity contribution in [2.75, 3.05) is 6.54 Å². The first-order valence-electron chi connectivity index (χ1n) is 7.35. The summed E-state index contributed by atoms with van der Waals surface area (Å²) in [5.41, 5.74) is 5.61. The maximum absolute atomic E-state index is 12.0. The van der Waals surface area contributed by atoms with Crippen LogP contribution < -0.4 is 11.1 Å². The van der Waals surface area contributed by atoms with Crippen molar-refractivity contribution in [2.45, 2.75) is 53.0 Å². The number of carbonyl (C=O) groups excluding carboxylic acids is 1. The van der Waals surface area contributed by atoms with E-state index in [-0.39, 0.29) is 11.9 Å². The van der Waals surface area contributed by atoms with Crippen LogP contribution in [0.4, 0.5) is 0 Å². The van der Waals surface area contributed by atoms with Crippen LogP contribution in [-0.2, 0) is 4.79 Å². The maximum Gasteiger partial charge on any atom is 0.220 e. The SMILES string of the molecule is Cc1cnc(C(C)NC(=O)CCC(CCN)C(C)C)o1. The largest absolute Gasteiger partial charge is 0.444 e. The minimum absolute atomic E-state index is 0.0380. The number of hydrogen-bond donors (Lipinski definition) is 2. The molecule has 1 rings (SSSR count). The van der Waals surface area contributed by atoms with Crippen molar-refractivity contribution < 1.29 is 9.21 Å². The second kappa shape index (κ2) is 8.04. The van der Waals surface area contributed by atoms with Gasteiger partial charge in [-0.2, -0.15) is 0 Å². The van der Waals surface area contributed by atoms with Gasteiger partial charge in [-0.3, -0.25) is 4.79 Å². The molecule has 2 atom stereocenters. The average molecular weight is 281 g/mol. The number of carbonyl (C=O) groups is 1. The van der Waals surface area contributed by atoms with Crippen LogP contribution in [0.2, 0.25) is 0 Å². The van der Waals surface area contributed by atoms with Crippen molar-refractivity contribution >= 4 is 5.91 Å². The van der Waals surface area contributed by atoms with Gasteiger partial charge in [0.15, 0.2) is 0 Å². The van der Waals surface area contributed by atoms with Gasteiger partial charge in [0.05, 0.1) is 6.20 Å². The Kier molecular flexibility index (Phi) is 6.71. The molecule has 0 aliphatic carbocycles. The first-order valence-corrected chi connectivity index (χ1v) is 7.35. The lowest BCUT2D eigenvalue weighted by atomic mass is 9.88. The fourth-order valence-electron chi connectivity index (χ4n) is 2.29. The quantitative estimate of drug-likeness (QED) is 0.767. The molecule has 2 unspecified atom stereocenters. The third-order valence-corrected chi connectivity index (χ3v) is 3.61. The normalized spacial score (nSPS) is 14.3. The summed E-state index contributed by atoms with van der Waals surface area (Å²) in [6.07, 6.45) is 4.03. The predicted molar refractivity (Wildman–Crippen MR) is 79.0 cm³/mol. The fourth-order valence-corrected chi connectivity index (χ4v) is 2.29. The van der Waals surface area contributed by atoms with Crippen LogP contribution in [0.1, 0.15) is 57.7 Å². The van der Waals surface area contributed by atoms with Crippen LogP contribution in [0, 0.1) is 18.8 Å². The Labute approximate surface area is 121 Å². The molecule has 114 valence electrons. The maximum atomic E-state index is 12.0. The Morgan fingerprint density at radius 1 is 1.40 bits per heavy atom. The lowest BCUT2D eigenvalue weighted by Crippen LogP contribution is -2.27. The van der Waals surface area contributed by atoms with Gasteiger partial charge in [-0.25, -0.2) is 4.98 Å². The summed E-state index contributed by atoms with van der Waals surface area (Å²) < 4.78 is 5.41. The standard InChI is InChI=1S/C15H27N3O2/c1-10(2)13(7-8-16)5-6-14(19)18-12(4)15-17-9-11(3)20-15/h9-10,12-13H,5-8,16H2,1-4H3,(H,18,19). The van der Waals surface area contributed by atoms with Gasteiger partial charge in [0.25, 0.3) is 0 Å². The molecular formula is C15H27N3O2. The fraction of sp³-hybridized carbons (Fsp3) is 0.733. The van der Waals surface area contributed by atoms with Gasteiger partial charge in [-0.05, 0) is 45.1 Å². The number of nitrogens with zero attached hydrogens (tertiary/aromatic N) is 1. The van der Waals surface area contributed by atoms with Crippen molar-refractivity contribution in [2.24, 2.45) is 17.6 Å². The van der Waals surface area contributed by atoms with Crippen molar-refractivity contribution in [3.8, 4) is 0 Å². The van der Waals surface area contributed by atoms with Crippen LogP contribution in [0.25, 0.3) is 0 Å². The summed E-state index contributed by atoms with van der Waals surface area (Å²) in [6, 6.07) is -0.191. The molecule has 0 aliphatic heterocycles. The molecule has 20 heavy (non-hydrogen) atoms. The van der Waals surface area contributed by atoms with Gasteiger partial charge >= 0.3 is 0 Å². The summed E-state index contributed by atoms with van der Waals surface area (Å²) in [5, 5.41) is 2.92. The van der Waals surface area contributed by atoms with Gasteiger partial charge in [0.1, 0.15) is 11.8 Å². The molecule has 3 N–H and O–H groups in total. The molecule has 1 heterocycles. The van der Waals surface area contributed by atoms with Gasteiger partial charge in [-0.1, -0.05) is 13.8 Å². The molecule has 5 heteroatoms. The van der Waals surface area contributed by atoms with Crippen LogP contribution >= 0.6 is 0 Å². The second-order valence-electron chi connectivity index (χ2n) is 5.72. The topological polar surface area (TPSA) is 81.2 Å². The summed E-state index contributed by atoms with van der Waals surface area (Å²) in [6.45, 7) is 8.75. The molecule has 0 fully saturated rings. The monoisotopic (exact) mass is 281 g/mol. The molecule has 1 aromatic rings. The van der Waals surface area contributed by atoms with Crippen LogP contribution in [0.3, 0.4) is 0 Å². The van der Waals surface area contributed by atoms with E-state index in [1.807, 2.05) is 13.8 Å². The van der Waals surface area contributed by atoms with E-state index >= 15 is 0 Å². The van der Waals surface area contributed by atoms with Crippen molar-refractivity contribution in [1.82, 2.24) is 10.3 Å². The lowest BCUT2D eigenvalue weighted by Gasteiger charge is -2.20. The van der Waals surface area contributed by atoms with E-state index in [1.165, 1.54) is 0 Å². The number of rotatable bonds is 8. The van der Waals surface area contributed by atoms with E-state index in [0.29, 0.717) is 30.7 Å². The zero-order valence-electron chi connectivity index (χ0n) is 13.0. The number of aryl methyl sites for hydroxylation is 1. The molecule has 0 saturated heterocycles. The first kappa shape index (κ1) is 16.7. The number of aromatic nitrogens is 1. The van der Waals surface area contributed by atoms with E-state index in [0.717, 1.165) is 18.6 Å². The predicted octanol–water partition coefficient (Wildman–Crippen LogP) is 2.56. The van der Waals surface area contributed by atoms with Gasteiger partial charge in [0.2, 0.25) is 11.8 Å². The number of nitrogens with one attached hydrogen (secondary N) is 1. The highest BCUT2D eigenvalue weighted by Crippen LogP contribution is 2.20. The molecule has 0 saturated carbocycles. The molecule has 0 radical (unpaired) electrons. The van der Waals surface area contributed by atoms with E-state index in [1.54, 1.807) is 6.20 Å². The Morgan fingerprint density at radius 2 is 2.10 bits per heavy atom. The molecular weight excluding hydrogens is 254 g/mol. The average Bonchev–Trinajstić information content (AvgIpc) is 2.80. The zero-order chi connectivity index (χ0) is 15.1. The molecule has 0 spiro atoms. The highest BCUT2D eigenvalue weighted by molar-refractivity contribution is 5.76. The number of hydrogen-bond acceptors (Lipinski definition) is 4. The molecule has 5 nitrogen and oxygen atoms in total. The number of amides is 1. The molecule has 0 aromatic carbocycles. The Balaban J connectivity index is 2.39. The molecule has 1 aromatic heterocycles. The van der Waals surface area contributed by atoms with E-state index < -0.39 is 0 Å². The van der Waals surface area contributed by atoms with Gasteiger partial charge < -0.3 is 15.5 Å². The van der Waals surface area contributed by atoms with Crippen LogP contribution in [0.5, 0.6) is 0 Å². The van der Waals surface area contributed by atoms with Crippen molar-refractivity contribution in [1.29, 1.82) is 0 Å². The highest BCUT2D eigenvalue weighted by atomic mass is 16.4. The van der Waals surface area contributed by atoms with E-state index in [2.05, 4.69) is 24.1 Å². The minimum Gasteiger partial charge on any atom is -0.444 e. The summed E-state index contributed by atoms with van der Waals surface area (Å²) in [4.78, 5) is 16.1. The second-order valence-corrected chi connectivity index (χ2v) is 5.72. The number of oxazole rings is 1. The third-order valence-electron chi connectivity index (χ3n) is 3.61. The summed E-state index contributed by atoms with van der Waals surface area (Å²) in [7, 11) is 0. The van der Waals surface area contributed by atoms with Crippen molar-refractivity contribution in [3.63, 3.8) is 0 Å². The van der Waals surface area contributed by atoms with Gasteiger partial charge in [-0.15, -0.1) is 0 Å². The molecule has 0 aliphatic rings. The lowest BCUT2D eigenvalue weighted by molar-refractivity contribution is -0.122. The van der Waals surface area contributed by atoms with Crippen LogP contribution in [-0.4, -0.2) is 17.4 Å². The summed E-state index contributed by atoms with van der Waals surface area (Å²) in [5.74, 6) is 2.40. The summed E-state index contributed by atoms with van der Waals surface area (Å²) >= 11 is 0. The first-order chi connectivity index (χ1) is 9.43. The highest BCUT2D eigenvalue weighted by Gasteiger charge is 2.17. The van der Waals surface area contributed by atoms with Crippen LogP contribution in [0.15, 0.2) is 10.6 Å². The Morgan fingerprint density at radius 3 is 2.60 bits per heavy atom.